The van der Waals surface area contributed by atoms with Crippen molar-refractivity contribution >= 4 is 28.2 Å². The molecule has 3 aromatic carbocycles. The molecule has 0 radical (unpaired) electrons. The van der Waals surface area contributed by atoms with Gasteiger partial charge < -0.3 is 10.1 Å². The van der Waals surface area contributed by atoms with Crippen LogP contribution in [-0.4, -0.2) is 25.6 Å². The third-order valence-corrected chi connectivity index (χ3v) is 6.15. The van der Waals surface area contributed by atoms with Crippen molar-refractivity contribution in [2.45, 2.75) is 13.8 Å². The topological polar surface area (TPSA) is 112 Å². The third-order valence-electron chi connectivity index (χ3n) is 6.15. The van der Waals surface area contributed by atoms with E-state index in [9.17, 15) is 14.9 Å². The van der Waals surface area contributed by atoms with Crippen LogP contribution < -0.4 is 10.1 Å². The first kappa shape index (κ1) is 23.7. The number of carbonyl (C=O) groups is 1. The van der Waals surface area contributed by atoms with Crippen LogP contribution in [0.15, 0.2) is 79.0 Å². The quantitative estimate of drug-likeness (QED) is 0.222. The van der Waals surface area contributed by atoms with E-state index >= 15 is 0 Å². The fourth-order valence-electron chi connectivity index (χ4n) is 4.07. The predicted molar refractivity (Wildman–Crippen MR) is 141 cm³/mol. The number of carbonyl (C=O) groups excluding carboxylic acids is 1. The normalized spacial score (nSPS) is 10.9. The summed E-state index contributed by atoms with van der Waals surface area (Å²) in [5.74, 6) is 0.380. The number of aryl methyl sites for hydroxylation is 2. The molecular weight excluding hydrogens is 470 g/mol. The number of nitro benzene ring substituents is 1. The number of nitro groups is 1. The highest BCUT2D eigenvalue weighted by Gasteiger charge is 2.19. The highest BCUT2D eigenvalue weighted by Crippen LogP contribution is 2.32. The van der Waals surface area contributed by atoms with Crippen LogP contribution in [0, 0.1) is 24.0 Å². The lowest BCUT2D eigenvalue weighted by atomic mass is 10.0. The van der Waals surface area contributed by atoms with Gasteiger partial charge in [0.25, 0.3) is 11.6 Å². The van der Waals surface area contributed by atoms with Crippen molar-refractivity contribution in [2.75, 3.05) is 5.32 Å². The van der Waals surface area contributed by atoms with E-state index < -0.39 is 10.8 Å². The first-order valence-electron chi connectivity index (χ1n) is 11.5. The van der Waals surface area contributed by atoms with Crippen LogP contribution >= 0.6 is 0 Å². The number of benzene rings is 3. The van der Waals surface area contributed by atoms with E-state index in [1.54, 1.807) is 29.1 Å². The van der Waals surface area contributed by atoms with Gasteiger partial charge >= 0.3 is 0 Å². The number of hydrogen-bond acceptors (Lipinski definition) is 6. The minimum absolute atomic E-state index is 0.201. The molecule has 9 nitrogen and oxygen atoms in total. The van der Waals surface area contributed by atoms with E-state index in [1.165, 1.54) is 12.1 Å². The van der Waals surface area contributed by atoms with Crippen LogP contribution in [0.2, 0.25) is 0 Å². The minimum Gasteiger partial charge on any atom is -0.457 e. The van der Waals surface area contributed by atoms with E-state index in [4.69, 9.17) is 9.72 Å². The average molecular weight is 494 g/mol. The summed E-state index contributed by atoms with van der Waals surface area (Å²) in [7, 11) is 1.84. The number of anilines is 1. The molecule has 0 aliphatic heterocycles. The maximum Gasteiger partial charge on any atom is 0.275 e. The summed E-state index contributed by atoms with van der Waals surface area (Å²) in [6.07, 6.45) is 1.71. The van der Waals surface area contributed by atoms with Crippen LogP contribution in [0.5, 0.6) is 11.5 Å². The van der Waals surface area contributed by atoms with Gasteiger partial charge in [-0.25, -0.2) is 4.98 Å². The highest BCUT2D eigenvalue weighted by atomic mass is 16.6. The Labute approximate surface area is 212 Å². The number of nitrogens with zero attached hydrogens (tertiary/aromatic N) is 4. The van der Waals surface area contributed by atoms with Crippen molar-refractivity contribution in [3.05, 3.63) is 106 Å². The molecule has 2 aromatic heterocycles. The summed E-state index contributed by atoms with van der Waals surface area (Å²) in [6, 6.07) is 20.6. The number of hydrogen-bond donors (Lipinski definition) is 1. The summed E-state index contributed by atoms with van der Waals surface area (Å²) in [6.45, 7) is 3.81. The number of non-ortho nitro benzene ring substituents is 1. The zero-order valence-electron chi connectivity index (χ0n) is 20.4. The molecule has 5 rings (SSSR count). The van der Waals surface area contributed by atoms with E-state index in [0.717, 1.165) is 16.8 Å². The second-order valence-corrected chi connectivity index (χ2v) is 8.63. The molecule has 0 fully saturated rings. The van der Waals surface area contributed by atoms with Crippen molar-refractivity contribution in [3.8, 4) is 22.8 Å². The van der Waals surface area contributed by atoms with Gasteiger partial charge in [0, 0.05) is 35.8 Å². The molecule has 9 heteroatoms. The molecule has 0 saturated carbocycles. The largest absolute Gasteiger partial charge is 0.457 e. The van der Waals surface area contributed by atoms with Gasteiger partial charge in [-0.15, -0.1) is 0 Å². The number of rotatable bonds is 6. The first-order valence-corrected chi connectivity index (χ1v) is 11.5. The molecule has 37 heavy (non-hydrogen) atoms. The SMILES string of the molecule is Cc1ccccc1Oc1cc(NC(=O)c2cc(-c3cnn(C)c3C)nc3ccccc23)cc([N+](=O)[O-])c1. The molecule has 0 aliphatic rings. The Kier molecular flexibility index (Phi) is 6.10. The van der Waals surface area contributed by atoms with Crippen LogP contribution in [0.1, 0.15) is 21.6 Å². The van der Waals surface area contributed by atoms with E-state index in [-0.39, 0.29) is 17.1 Å². The van der Waals surface area contributed by atoms with Crippen molar-refractivity contribution < 1.29 is 14.5 Å². The molecule has 0 bridgehead atoms. The summed E-state index contributed by atoms with van der Waals surface area (Å²) < 4.78 is 7.66. The number of ether oxygens (including phenoxy) is 1. The zero-order valence-corrected chi connectivity index (χ0v) is 20.4. The summed E-state index contributed by atoms with van der Waals surface area (Å²) >= 11 is 0. The number of fused-ring (bicyclic) bond motifs is 1. The second-order valence-electron chi connectivity index (χ2n) is 8.63. The van der Waals surface area contributed by atoms with Crippen molar-refractivity contribution in [1.82, 2.24) is 14.8 Å². The summed E-state index contributed by atoms with van der Waals surface area (Å²) in [4.78, 5) is 29.4. The van der Waals surface area contributed by atoms with E-state index in [2.05, 4.69) is 10.4 Å². The number of pyridine rings is 1. The van der Waals surface area contributed by atoms with Crippen molar-refractivity contribution in [3.63, 3.8) is 0 Å². The Hall–Kier alpha value is -5.05. The van der Waals surface area contributed by atoms with Gasteiger partial charge in [-0.3, -0.25) is 19.6 Å². The molecule has 5 aromatic rings. The lowest BCUT2D eigenvalue weighted by Gasteiger charge is -2.12. The van der Waals surface area contributed by atoms with Gasteiger partial charge in [-0.2, -0.15) is 5.10 Å². The number of para-hydroxylation sites is 2. The second kappa shape index (κ2) is 9.54. The maximum absolute atomic E-state index is 13.5. The molecule has 1 amide bonds. The van der Waals surface area contributed by atoms with Crippen LogP contribution in [0.25, 0.3) is 22.2 Å². The lowest BCUT2D eigenvalue weighted by molar-refractivity contribution is -0.384. The number of nitrogens with one attached hydrogen (secondary N) is 1. The van der Waals surface area contributed by atoms with Crippen LogP contribution in [-0.2, 0) is 7.05 Å². The zero-order chi connectivity index (χ0) is 26.1. The van der Waals surface area contributed by atoms with Crippen LogP contribution in [0.3, 0.4) is 0 Å². The number of aromatic nitrogens is 3. The highest BCUT2D eigenvalue weighted by molar-refractivity contribution is 6.13. The van der Waals surface area contributed by atoms with Crippen LogP contribution in [0.4, 0.5) is 11.4 Å². The summed E-state index contributed by atoms with van der Waals surface area (Å²) in [5.41, 5.74) is 4.28. The Morgan fingerprint density at radius 2 is 1.78 bits per heavy atom. The predicted octanol–water partition coefficient (Wildman–Crippen LogP) is 6.20. The molecular formula is C28H23N5O4. The first-order chi connectivity index (χ1) is 17.8. The van der Waals surface area contributed by atoms with Gasteiger partial charge in [0.15, 0.2) is 0 Å². The smallest absolute Gasteiger partial charge is 0.275 e. The molecule has 0 saturated heterocycles. The molecule has 184 valence electrons. The molecule has 0 unspecified atom stereocenters. The molecule has 0 atom stereocenters. The van der Waals surface area contributed by atoms with E-state index in [0.29, 0.717) is 27.9 Å². The fourth-order valence-corrected chi connectivity index (χ4v) is 4.07. The van der Waals surface area contributed by atoms with Gasteiger partial charge in [0.1, 0.15) is 11.5 Å². The van der Waals surface area contributed by atoms with Gasteiger partial charge in [0.05, 0.1) is 39.6 Å². The average Bonchev–Trinajstić information content (AvgIpc) is 3.22. The summed E-state index contributed by atoms with van der Waals surface area (Å²) in [5, 5.41) is 19.4. The lowest BCUT2D eigenvalue weighted by Crippen LogP contribution is -2.13. The van der Waals surface area contributed by atoms with Crippen molar-refractivity contribution in [1.29, 1.82) is 0 Å². The Morgan fingerprint density at radius 3 is 2.51 bits per heavy atom. The van der Waals surface area contributed by atoms with Gasteiger partial charge in [-0.05, 0) is 37.6 Å². The molecule has 1 N–H and O–H groups in total. The molecule has 2 heterocycles. The Morgan fingerprint density at radius 1 is 1.03 bits per heavy atom. The minimum atomic E-state index is -0.522. The van der Waals surface area contributed by atoms with Gasteiger partial charge in [-0.1, -0.05) is 36.4 Å². The maximum atomic E-state index is 13.5. The van der Waals surface area contributed by atoms with Gasteiger partial charge in [0.2, 0.25) is 0 Å². The monoisotopic (exact) mass is 493 g/mol. The van der Waals surface area contributed by atoms with Crippen molar-refractivity contribution in [2.24, 2.45) is 7.05 Å². The fraction of sp³-hybridized carbons (Fsp3) is 0.107. The Balaban J connectivity index is 1.54. The number of amides is 1. The Bertz CT molecular complexity index is 1680. The molecule has 0 aliphatic carbocycles. The standard InChI is InChI=1S/C28H23N5O4/c1-17-8-4-7-11-27(17)37-21-13-19(12-20(14-21)33(35)36)30-28(34)23-15-26(24-16-29-32(3)18(24)2)31-25-10-6-5-9-22(23)25/h4-16H,1-3H3,(H,30,34). The molecule has 0 spiro atoms. The van der Waals surface area contributed by atoms with E-state index in [1.807, 2.05) is 63.4 Å². The third kappa shape index (κ3) is 4.74.